The van der Waals surface area contributed by atoms with Gasteiger partial charge in [-0.05, 0) is 44.6 Å². The summed E-state index contributed by atoms with van der Waals surface area (Å²) in [5, 5.41) is 8.92. The second kappa shape index (κ2) is 7.28. The molecule has 0 bridgehead atoms. The van der Waals surface area contributed by atoms with E-state index < -0.39 is 5.97 Å². The smallest absolute Gasteiger partial charge is 0.303 e. The minimum atomic E-state index is -0.638. The van der Waals surface area contributed by atoms with E-state index >= 15 is 0 Å². The summed E-state index contributed by atoms with van der Waals surface area (Å²) in [5.41, 5.74) is 0. The van der Waals surface area contributed by atoms with Crippen molar-refractivity contribution in [2.75, 3.05) is 6.54 Å². The number of likely N-dealkylation sites (tertiary alicyclic amines) is 1. The molecule has 1 aliphatic heterocycles. The van der Waals surface area contributed by atoms with Crippen LogP contribution >= 0.6 is 0 Å². The summed E-state index contributed by atoms with van der Waals surface area (Å²) in [5.74, 6) is 0.209. The highest BCUT2D eigenvalue weighted by atomic mass is 16.4. The third-order valence-corrected chi connectivity index (χ3v) is 5.18. The highest BCUT2D eigenvalue weighted by Crippen LogP contribution is 2.35. The zero-order chi connectivity index (χ0) is 13.7. The van der Waals surface area contributed by atoms with Crippen molar-refractivity contribution in [2.24, 2.45) is 5.92 Å². The van der Waals surface area contributed by atoms with Gasteiger partial charge in [0.25, 0.3) is 0 Å². The van der Waals surface area contributed by atoms with E-state index in [2.05, 4.69) is 11.8 Å². The van der Waals surface area contributed by atoms with Crippen LogP contribution in [0.25, 0.3) is 0 Å². The zero-order valence-electron chi connectivity index (χ0n) is 12.3. The Morgan fingerprint density at radius 2 is 1.89 bits per heavy atom. The number of aliphatic carboxylic acids is 1. The molecule has 0 aromatic carbocycles. The first-order valence-corrected chi connectivity index (χ1v) is 8.20. The highest BCUT2D eigenvalue weighted by molar-refractivity contribution is 5.66. The van der Waals surface area contributed by atoms with Gasteiger partial charge < -0.3 is 5.11 Å². The maximum Gasteiger partial charge on any atom is 0.303 e. The van der Waals surface area contributed by atoms with Crippen molar-refractivity contribution in [2.45, 2.75) is 83.2 Å². The Balaban J connectivity index is 1.98. The molecule has 1 saturated carbocycles. The Morgan fingerprint density at radius 3 is 2.63 bits per heavy atom. The first-order valence-electron chi connectivity index (χ1n) is 8.20. The third kappa shape index (κ3) is 3.95. The number of nitrogens with zero attached hydrogens (tertiary/aromatic N) is 1. The number of hydrogen-bond donors (Lipinski definition) is 1. The fourth-order valence-corrected chi connectivity index (χ4v) is 4.16. The molecule has 3 unspecified atom stereocenters. The monoisotopic (exact) mass is 267 g/mol. The van der Waals surface area contributed by atoms with E-state index in [1.54, 1.807) is 0 Å². The molecule has 1 heterocycles. The number of hydrogen-bond acceptors (Lipinski definition) is 2. The van der Waals surface area contributed by atoms with Gasteiger partial charge in [-0.3, -0.25) is 9.69 Å². The maximum atomic E-state index is 10.8. The van der Waals surface area contributed by atoms with Gasteiger partial charge in [0.1, 0.15) is 0 Å². The summed E-state index contributed by atoms with van der Waals surface area (Å²) < 4.78 is 0. The van der Waals surface area contributed by atoms with E-state index in [0.717, 1.165) is 18.4 Å². The van der Waals surface area contributed by atoms with Crippen LogP contribution in [-0.2, 0) is 4.79 Å². The van der Waals surface area contributed by atoms with Gasteiger partial charge in [0.15, 0.2) is 0 Å². The molecular formula is C16H29NO2. The molecule has 2 rings (SSSR count). The average molecular weight is 267 g/mol. The van der Waals surface area contributed by atoms with Gasteiger partial charge in [-0.2, -0.15) is 0 Å². The quantitative estimate of drug-likeness (QED) is 0.826. The van der Waals surface area contributed by atoms with E-state index in [-0.39, 0.29) is 0 Å². The lowest BCUT2D eigenvalue weighted by atomic mass is 9.80. The molecule has 0 spiro atoms. The summed E-state index contributed by atoms with van der Waals surface area (Å²) in [6.07, 6.45) is 11.7. The fraction of sp³-hybridized carbons (Fsp3) is 0.938. The van der Waals surface area contributed by atoms with Crippen molar-refractivity contribution in [3.63, 3.8) is 0 Å². The second-order valence-electron chi connectivity index (χ2n) is 6.34. The number of carboxylic acid groups (broad SMARTS) is 1. The molecule has 110 valence electrons. The Labute approximate surface area is 117 Å². The van der Waals surface area contributed by atoms with Gasteiger partial charge in [-0.25, -0.2) is 0 Å². The summed E-state index contributed by atoms with van der Waals surface area (Å²) in [7, 11) is 0. The topological polar surface area (TPSA) is 40.5 Å². The normalized spacial score (nSPS) is 33.2. The van der Waals surface area contributed by atoms with Crippen LogP contribution in [0.2, 0.25) is 0 Å². The molecule has 0 aromatic rings. The van der Waals surface area contributed by atoms with E-state index in [1.165, 1.54) is 57.9 Å². The molecule has 2 aliphatic rings. The van der Waals surface area contributed by atoms with Crippen molar-refractivity contribution in [1.82, 2.24) is 4.90 Å². The van der Waals surface area contributed by atoms with Crippen LogP contribution in [0.1, 0.15) is 71.1 Å². The SMILES string of the molecule is CCC1CCCCC1N1CCCCC1CCC(=O)O. The van der Waals surface area contributed by atoms with Crippen molar-refractivity contribution in [3.05, 3.63) is 0 Å². The van der Waals surface area contributed by atoms with Crippen LogP contribution in [-0.4, -0.2) is 34.6 Å². The number of rotatable bonds is 5. The Kier molecular flexibility index (Phi) is 5.68. The lowest BCUT2D eigenvalue weighted by molar-refractivity contribution is -0.137. The molecule has 2 fully saturated rings. The van der Waals surface area contributed by atoms with Crippen molar-refractivity contribution in [1.29, 1.82) is 0 Å². The number of carboxylic acids is 1. The molecule has 3 heteroatoms. The van der Waals surface area contributed by atoms with Crippen LogP contribution in [0.3, 0.4) is 0 Å². The van der Waals surface area contributed by atoms with Crippen molar-refractivity contribution in [3.8, 4) is 0 Å². The minimum absolute atomic E-state index is 0.338. The lowest BCUT2D eigenvalue weighted by Crippen LogP contribution is -2.50. The zero-order valence-corrected chi connectivity index (χ0v) is 12.3. The molecule has 0 radical (unpaired) electrons. The summed E-state index contributed by atoms with van der Waals surface area (Å²) in [6.45, 7) is 3.52. The van der Waals surface area contributed by atoms with Crippen molar-refractivity contribution >= 4 is 5.97 Å². The molecule has 1 N–H and O–H groups in total. The maximum absolute atomic E-state index is 10.8. The van der Waals surface area contributed by atoms with E-state index in [1.807, 2.05) is 0 Å². The molecule has 1 aliphatic carbocycles. The fourth-order valence-electron chi connectivity index (χ4n) is 4.16. The average Bonchev–Trinajstić information content (AvgIpc) is 2.45. The molecule has 3 nitrogen and oxygen atoms in total. The van der Waals surface area contributed by atoms with Gasteiger partial charge in [0.05, 0.1) is 0 Å². The van der Waals surface area contributed by atoms with E-state index in [4.69, 9.17) is 5.11 Å². The summed E-state index contributed by atoms with van der Waals surface area (Å²) in [4.78, 5) is 13.5. The Hall–Kier alpha value is -0.570. The van der Waals surface area contributed by atoms with Gasteiger partial charge in [-0.1, -0.05) is 32.6 Å². The molecule has 1 saturated heterocycles. The molecular weight excluding hydrogens is 238 g/mol. The van der Waals surface area contributed by atoms with Crippen LogP contribution in [0, 0.1) is 5.92 Å². The number of piperidine rings is 1. The van der Waals surface area contributed by atoms with E-state index in [0.29, 0.717) is 12.5 Å². The second-order valence-corrected chi connectivity index (χ2v) is 6.34. The van der Waals surface area contributed by atoms with Gasteiger partial charge >= 0.3 is 5.97 Å². The van der Waals surface area contributed by atoms with Crippen LogP contribution in [0.15, 0.2) is 0 Å². The predicted octanol–water partition coefficient (Wildman–Crippen LogP) is 3.67. The molecule has 0 amide bonds. The Morgan fingerprint density at radius 1 is 1.16 bits per heavy atom. The standard InChI is InChI=1S/C16H29NO2/c1-2-13-7-3-4-9-15(13)17-12-6-5-8-14(17)10-11-16(18)19/h13-15H,2-12H2,1H3,(H,18,19). The third-order valence-electron chi connectivity index (χ3n) is 5.18. The molecule has 3 atom stereocenters. The Bertz CT molecular complexity index is 292. The number of carbonyl (C=O) groups is 1. The van der Waals surface area contributed by atoms with E-state index in [9.17, 15) is 4.79 Å². The van der Waals surface area contributed by atoms with Crippen LogP contribution in [0.5, 0.6) is 0 Å². The van der Waals surface area contributed by atoms with Crippen molar-refractivity contribution < 1.29 is 9.90 Å². The van der Waals surface area contributed by atoms with Gasteiger partial charge in [0, 0.05) is 18.5 Å². The highest BCUT2D eigenvalue weighted by Gasteiger charge is 2.34. The molecule has 0 aromatic heterocycles. The van der Waals surface area contributed by atoms with Crippen LogP contribution in [0.4, 0.5) is 0 Å². The van der Waals surface area contributed by atoms with Gasteiger partial charge in [0.2, 0.25) is 0 Å². The summed E-state index contributed by atoms with van der Waals surface area (Å²) >= 11 is 0. The van der Waals surface area contributed by atoms with Gasteiger partial charge in [-0.15, -0.1) is 0 Å². The first kappa shape index (κ1) is 14.8. The largest absolute Gasteiger partial charge is 0.481 e. The minimum Gasteiger partial charge on any atom is -0.481 e. The summed E-state index contributed by atoms with van der Waals surface area (Å²) in [6, 6.07) is 1.26. The van der Waals surface area contributed by atoms with Crippen LogP contribution < -0.4 is 0 Å². The predicted molar refractivity (Wildman–Crippen MR) is 77.3 cm³/mol. The first-order chi connectivity index (χ1) is 9.22. The lowest BCUT2D eigenvalue weighted by Gasteiger charge is -2.46. The molecule has 19 heavy (non-hydrogen) atoms.